The first-order valence-electron chi connectivity index (χ1n) is 11.4. The van der Waals surface area contributed by atoms with E-state index in [4.69, 9.17) is 0 Å². The van der Waals surface area contributed by atoms with E-state index in [9.17, 15) is 0 Å². The predicted molar refractivity (Wildman–Crippen MR) is 144 cm³/mol. The van der Waals surface area contributed by atoms with E-state index in [1.54, 1.807) is 5.30 Å². The predicted octanol–water partition coefficient (Wildman–Crippen LogP) is 2.20. The van der Waals surface area contributed by atoms with E-state index in [0.29, 0.717) is 0 Å². The number of unbranched alkanes of at least 4 members (excludes halogenated alkanes) is 2. The Kier molecular flexibility index (Phi) is 17.2. The molecule has 0 aliphatic carbocycles. The molecule has 0 aliphatic rings. The molecule has 0 radical (unpaired) electrons. The smallest absolute Gasteiger partial charge is 1.00 e. The maximum atomic E-state index is 2.44. The van der Waals surface area contributed by atoms with Crippen LogP contribution in [0.15, 0.2) is 72.8 Å². The van der Waals surface area contributed by atoms with E-state index in [1.165, 1.54) is 64.9 Å². The van der Waals surface area contributed by atoms with Crippen molar-refractivity contribution in [1.29, 1.82) is 0 Å². The van der Waals surface area contributed by atoms with Crippen molar-refractivity contribution in [3.8, 4) is 0 Å². The molecule has 4 aromatic carbocycles. The van der Waals surface area contributed by atoms with Crippen LogP contribution in [0.1, 0.15) is 39.5 Å². The normalized spacial score (nSPS) is 10.4. The third-order valence-corrected chi connectivity index (χ3v) is 9.64. The number of rotatable bonds is 8. The zero-order valence-corrected chi connectivity index (χ0v) is 25.2. The number of hydrogen-bond donors (Lipinski definition) is 0. The van der Waals surface area contributed by atoms with Crippen LogP contribution in [0.3, 0.4) is 0 Å². The van der Waals surface area contributed by atoms with Crippen molar-refractivity contribution >= 4 is 48.0 Å². The zero-order chi connectivity index (χ0) is 21.3. The Morgan fingerprint density at radius 2 is 1.09 bits per heavy atom. The van der Waals surface area contributed by atoms with Crippen molar-refractivity contribution in [2.75, 3.05) is 25.7 Å². The molecule has 4 rings (SSSR count). The standard InChI is InChI=1S/C17H24P.C11H12P.2ClH.Ti/c1-3-5-11-18(12-6-4-2)17-13-15-9-7-8-10-16(15)14-17;1-12(2)11-7-9-5-3-4-6-10(9)8-11;;;/h7-10,13-14H,3-6,11-12H2,1-2H3;3-8H,1-2H3;2*1H;/q2*-1;;;+4/p-2. The van der Waals surface area contributed by atoms with Crippen LogP contribution in [-0.2, 0) is 21.7 Å². The van der Waals surface area contributed by atoms with E-state index in [-0.39, 0.29) is 62.4 Å². The van der Waals surface area contributed by atoms with Crippen molar-refractivity contribution in [3.63, 3.8) is 0 Å². The minimum absolute atomic E-state index is 0. The molecule has 176 valence electrons. The summed E-state index contributed by atoms with van der Waals surface area (Å²) in [4.78, 5) is 0. The Hall–Kier alpha value is -0.186. The van der Waals surface area contributed by atoms with E-state index in [1.807, 2.05) is 0 Å². The summed E-state index contributed by atoms with van der Waals surface area (Å²) in [6.45, 7) is 9.19. The van der Waals surface area contributed by atoms with Crippen LogP contribution in [-0.4, -0.2) is 25.7 Å². The molecule has 0 nitrogen and oxygen atoms in total. The average molecular weight is 553 g/mol. The number of fused-ring (bicyclic) bond motifs is 2. The fourth-order valence-electron chi connectivity index (χ4n) is 3.78. The number of benzene rings is 2. The van der Waals surface area contributed by atoms with Crippen LogP contribution in [0.2, 0.25) is 0 Å². The fraction of sp³-hybridized carbons (Fsp3) is 0.357. The Bertz CT molecular complexity index is 964. The molecule has 0 aliphatic heterocycles. The summed E-state index contributed by atoms with van der Waals surface area (Å²) in [5, 5.41) is 8.74. The molecule has 0 saturated heterocycles. The second-order valence-corrected chi connectivity index (χ2v) is 13.1. The summed E-state index contributed by atoms with van der Waals surface area (Å²) >= 11 is 0. The van der Waals surface area contributed by atoms with Gasteiger partial charge in [0.25, 0.3) is 0 Å². The monoisotopic (exact) mass is 552 g/mol. The van der Waals surface area contributed by atoms with Gasteiger partial charge in [0.1, 0.15) is 0 Å². The minimum Gasteiger partial charge on any atom is -1.00 e. The molecule has 0 atom stereocenters. The van der Waals surface area contributed by atoms with Crippen molar-refractivity contribution in [2.24, 2.45) is 0 Å². The van der Waals surface area contributed by atoms with Gasteiger partial charge in [-0.05, 0) is 38.5 Å². The summed E-state index contributed by atoms with van der Waals surface area (Å²) in [6, 6.07) is 26.8. The van der Waals surface area contributed by atoms with E-state index < -0.39 is 0 Å². The summed E-state index contributed by atoms with van der Waals surface area (Å²) < 4.78 is 0. The molecule has 4 aromatic rings. The van der Waals surface area contributed by atoms with Gasteiger partial charge in [0, 0.05) is 0 Å². The molecule has 0 spiro atoms. The van der Waals surface area contributed by atoms with E-state index >= 15 is 0 Å². The Balaban J connectivity index is 0.000000603. The maximum absolute atomic E-state index is 2.44. The van der Waals surface area contributed by atoms with Gasteiger partial charge >= 0.3 is 21.7 Å². The fourth-order valence-corrected chi connectivity index (χ4v) is 7.35. The largest absolute Gasteiger partial charge is 4.00 e. The quantitative estimate of drug-likeness (QED) is 0.179. The number of hydrogen-bond acceptors (Lipinski definition) is 0. The van der Waals surface area contributed by atoms with Gasteiger partial charge in [0.15, 0.2) is 0 Å². The van der Waals surface area contributed by atoms with Gasteiger partial charge in [-0.25, -0.2) is 0 Å². The van der Waals surface area contributed by atoms with Crippen LogP contribution in [0, 0.1) is 0 Å². The summed E-state index contributed by atoms with van der Waals surface area (Å²) in [5.41, 5.74) is 0. The first kappa shape index (κ1) is 32.8. The van der Waals surface area contributed by atoms with Crippen molar-refractivity contribution in [2.45, 2.75) is 39.5 Å². The van der Waals surface area contributed by atoms with Crippen molar-refractivity contribution in [3.05, 3.63) is 72.8 Å². The second kappa shape index (κ2) is 17.3. The summed E-state index contributed by atoms with van der Waals surface area (Å²) in [7, 11) is 0.143. The van der Waals surface area contributed by atoms with Gasteiger partial charge in [-0.1, -0.05) is 46.7 Å². The summed E-state index contributed by atoms with van der Waals surface area (Å²) in [6.07, 6.45) is 8.26. The molecular weight excluding hydrogens is 517 g/mol. The van der Waals surface area contributed by atoms with Gasteiger partial charge in [-0.2, -0.15) is 12.1 Å². The first-order chi connectivity index (χ1) is 14.6. The van der Waals surface area contributed by atoms with Crippen LogP contribution in [0.5, 0.6) is 0 Å². The van der Waals surface area contributed by atoms with Gasteiger partial charge in [0.05, 0.1) is 0 Å². The van der Waals surface area contributed by atoms with Gasteiger partial charge in [-0.15, -0.1) is 88.6 Å². The molecule has 0 N–H and O–H groups in total. The average Bonchev–Trinajstić information content (AvgIpc) is 3.38. The molecule has 0 aromatic heterocycles. The Morgan fingerprint density at radius 1 is 0.667 bits per heavy atom. The molecule has 0 bridgehead atoms. The van der Waals surface area contributed by atoms with E-state index in [2.05, 4.69) is 100.0 Å². The molecule has 33 heavy (non-hydrogen) atoms. The Morgan fingerprint density at radius 3 is 1.52 bits per heavy atom. The zero-order valence-electron chi connectivity index (χ0n) is 20.3. The van der Waals surface area contributed by atoms with E-state index in [0.717, 1.165) is 0 Å². The molecule has 0 amide bonds. The van der Waals surface area contributed by atoms with Crippen LogP contribution < -0.4 is 35.4 Å². The molecule has 0 fully saturated rings. The summed E-state index contributed by atoms with van der Waals surface area (Å²) in [5.74, 6) is 0. The van der Waals surface area contributed by atoms with Crippen molar-refractivity contribution < 1.29 is 46.5 Å². The SMILES string of the molecule is CCCCP(CCCC)c1cc2ccccc2[cH-]1.CP(C)c1cc2ccccc2[cH-]1.[Cl-].[Cl-].[Ti+4]. The minimum atomic E-state index is 0. The van der Waals surface area contributed by atoms with Crippen LogP contribution in [0.25, 0.3) is 21.5 Å². The second-order valence-electron chi connectivity index (χ2n) is 8.27. The van der Waals surface area contributed by atoms with Crippen LogP contribution >= 0.6 is 15.8 Å². The molecule has 0 heterocycles. The Labute approximate surface area is 231 Å². The van der Waals surface area contributed by atoms with Crippen molar-refractivity contribution in [1.82, 2.24) is 0 Å². The molecule has 5 heteroatoms. The third-order valence-electron chi connectivity index (χ3n) is 5.65. The van der Waals surface area contributed by atoms with Gasteiger partial charge < -0.3 is 24.8 Å². The van der Waals surface area contributed by atoms with Gasteiger partial charge in [-0.3, -0.25) is 0 Å². The topological polar surface area (TPSA) is 0 Å². The third kappa shape index (κ3) is 9.77. The molecule has 0 unspecified atom stereocenters. The van der Waals surface area contributed by atoms with Gasteiger partial charge in [0.2, 0.25) is 0 Å². The molecule has 0 saturated carbocycles. The molecular formula is C28H36Cl2P2Ti. The first-order valence-corrected chi connectivity index (χ1v) is 15.3. The maximum Gasteiger partial charge on any atom is 4.00 e. The van der Waals surface area contributed by atoms with Crippen LogP contribution in [0.4, 0.5) is 0 Å². The number of halogens is 2.